The Morgan fingerprint density at radius 3 is 2.43 bits per heavy atom. The fourth-order valence-corrected chi connectivity index (χ4v) is 6.06. The van der Waals surface area contributed by atoms with E-state index in [4.69, 9.17) is 9.47 Å². The number of carbonyl (C=O) groups excluding carboxylic acids is 1. The predicted molar refractivity (Wildman–Crippen MR) is 159 cm³/mol. The van der Waals surface area contributed by atoms with Crippen LogP contribution < -0.4 is 19.1 Å². The van der Waals surface area contributed by atoms with Gasteiger partial charge in [-0.25, -0.2) is 0 Å². The summed E-state index contributed by atoms with van der Waals surface area (Å²) in [6, 6.07) is 10.2. The molecular weight excluding hydrogens is 571 g/mol. The van der Waals surface area contributed by atoms with E-state index < -0.39 is 6.36 Å². The van der Waals surface area contributed by atoms with Crippen LogP contribution in [-0.4, -0.2) is 81.1 Å². The summed E-state index contributed by atoms with van der Waals surface area (Å²) in [6.07, 6.45) is 4.83. The number of alkyl halides is 3. The van der Waals surface area contributed by atoms with Gasteiger partial charge < -0.3 is 24.0 Å². The molecule has 0 aromatic heterocycles. The van der Waals surface area contributed by atoms with Crippen LogP contribution in [0, 0.1) is 0 Å². The summed E-state index contributed by atoms with van der Waals surface area (Å²) in [4.78, 5) is 19.8. The Balaban J connectivity index is 0.00000405. The van der Waals surface area contributed by atoms with Crippen molar-refractivity contribution in [1.82, 2.24) is 9.80 Å². The van der Waals surface area contributed by atoms with E-state index in [1.807, 2.05) is 12.1 Å². The minimum atomic E-state index is -4.82. The third-order valence-corrected chi connectivity index (χ3v) is 8.21. The summed E-state index contributed by atoms with van der Waals surface area (Å²) in [7, 11) is 1.60. The topological polar surface area (TPSA) is 54.5 Å². The minimum Gasteiger partial charge on any atom is -0.493 e. The molecule has 42 heavy (non-hydrogen) atoms. The van der Waals surface area contributed by atoms with Crippen molar-refractivity contribution in [2.24, 2.45) is 0 Å². The van der Waals surface area contributed by atoms with Crippen LogP contribution in [0.2, 0.25) is 0 Å². The van der Waals surface area contributed by atoms with E-state index in [-0.39, 0.29) is 29.6 Å². The monoisotopic (exact) mass is 609 g/mol. The number of piperidine rings is 2. The highest BCUT2D eigenvalue weighted by Crippen LogP contribution is 2.39. The summed E-state index contributed by atoms with van der Waals surface area (Å²) in [5.41, 5.74) is 1.84. The van der Waals surface area contributed by atoms with Crippen molar-refractivity contribution in [1.29, 1.82) is 0 Å². The lowest BCUT2D eigenvalue weighted by Crippen LogP contribution is -2.47. The van der Waals surface area contributed by atoms with E-state index in [2.05, 4.69) is 14.5 Å². The van der Waals surface area contributed by atoms with Gasteiger partial charge in [-0.3, -0.25) is 9.69 Å². The highest BCUT2D eigenvalue weighted by atomic mass is 35.5. The number of anilines is 1. The molecule has 7 nitrogen and oxygen atoms in total. The maximum absolute atomic E-state index is 13.1. The molecule has 2 saturated heterocycles. The van der Waals surface area contributed by atoms with E-state index in [0.717, 1.165) is 30.9 Å². The van der Waals surface area contributed by atoms with Gasteiger partial charge in [-0.2, -0.15) is 0 Å². The van der Waals surface area contributed by atoms with Crippen molar-refractivity contribution in [3.63, 3.8) is 0 Å². The molecule has 5 rings (SSSR count). The molecular formula is C31H39ClF3N3O4. The molecule has 0 atom stereocenters. The lowest BCUT2D eigenvalue weighted by Gasteiger charge is -2.40. The number of nitrogens with zero attached hydrogens (tertiary/aromatic N) is 3. The van der Waals surface area contributed by atoms with Crippen LogP contribution in [0.4, 0.5) is 18.9 Å². The molecule has 0 bridgehead atoms. The van der Waals surface area contributed by atoms with Crippen LogP contribution in [0.3, 0.4) is 0 Å². The lowest BCUT2D eigenvalue weighted by molar-refractivity contribution is -0.274. The fraction of sp³-hybridized carbons (Fsp3) is 0.516. The molecule has 0 saturated carbocycles. The highest BCUT2D eigenvalue weighted by molar-refractivity contribution is 6.05. The van der Waals surface area contributed by atoms with Gasteiger partial charge in [0.15, 0.2) is 11.5 Å². The number of halogens is 4. The average molecular weight is 610 g/mol. The van der Waals surface area contributed by atoms with Gasteiger partial charge in [0.25, 0.3) is 5.91 Å². The molecule has 230 valence electrons. The number of benzene rings is 2. The third kappa shape index (κ3) is 8.11. The molecule has 0 aliphatic carbocycles. The minimum absolute atomic E-state index is 0. The van der Waals surface area contributed by atoms with Crippen molar-refractivity contribution < 1.29 is 32.2 Å². The van der Waals surface area contributed by atoms with E-state index >= 15 is 0 Å². The van der Waals surface area contributed by atoms with Crippen LogP contribution in [0.5, 0.6) is 17.2 Å². The molecule has 0 radical (unpaired) electrons. The van der Waals surface area contributed by atoms with Gasteiger partial charge >= 0.3 is 6.36 Å². The van der Waals surface area contributed by atoms with E-state index in [1.165, 1.54) is 75.5 Å². The quantitative estimate of drug-likeness (QED) is 0.328. The third-order valence-electron chi connectivity index (χ3n) is 8.21. The molecule has 0 unspecified atom stereocenters. The largest absolute Gasteiger partial charge is 0.573 e. The molecule has 3 aliphatic heterocycles. The van der Waals surface area contributed by atoms with E-state index in [1.54, 1.807) is 18.1 Å². The zero-order valence-corrected chi connectivity index (χ0v) is 24.7. The SMILES string of the molecule is COc1cc2c(cc1OCCN1CCC(N3CCCCC3)CC1)N(C(=O)/C=C/c1ccccc1OC(F)(F)F)CC2.Cl. The fourth-order valence-electron chi connectivity index (χ4n) is 6.06. The van der Waals surface area contributed by atoms with Crippen LogP contribution >= 0.6 is 12.4 Å². The maximum Gasteiger partial charge on any atom is 0.573 e. The first kappa shape index (κ1) is 32.0. The molecule has 3 aliphatic rings. The van der Waals surface area contributed by atoms with Gasteiger partial charge in [0.05, 0.1) is 12.8 Å². The molecule has 2 fully saturated rings. The van der Waals surface area contributed by atoms with Crippen LogP contribution in [0.15, 0.2) is 42.5 Å². The first-order valence-corrected chi connectivity index (χ1v) is 14.5. The number of carbonyl (C=O) groups is 1. The molecule has 0 N–H and O–H groups in total. The smallest absolute Gasteiger partial charge is 0.493 e. The van der Waals surface area contributed by atoms with E-state index in [9.17, 15) is 18.0 Å². The van der Waals surface area contributed by atoms with Crippen molar-refractivity contribution in [2.75, 3.05) is 57.9 Å². The zero-order valence-electron chi connectivity index (χ0n) is 23.9. The van der Waals surface area contributed by atoms with Gasteiger partial charge in [0.2, 0.25) is 0 Å². The second-order valence-electron chi connectivity index (χ2n) is 10.8. The first-order chi connectivity index (χ1) is 19.8. The van der Waals surface area contributed by atoms with Crippen LogP contribution in [-0.2, 0) is 11.2 Å². The standard InChI is InChI=1S/C31H38F3N3O4.ClH/c1-39-28-21-24-11-18-37(30(38)10-9-23-7-3-4-8-27(23)41-31(32,33)34)26(24)22-29(28)40-20-19-35-16-12-25(13-17-35)36-14-5-2-6-15-36;/h3-4,7-10,21-22,25H,2,5-6,11-20H2,1H3;1H/b10-9+;. The number of amides is 1. The van der Waals surface area contributed by atoms with Crippen molar-refractivity contribution in [3.8, 4) is 17.2 Å². The van der Waals surface area contributed by atoms with Gasteiger partial charge in [0, 0.05) is 36.8 Å². The first-order valence-electron chi connectivity index (χ1n) is 14.5. The van der Waals surface area contributed by atoms with Gasteiger partial charge in [-0.15, -0.1) is 25.6 Å². The second kappa shape index (κ2) is 14.5. The van der Waals surface area contributed by atoms with Gasteiger partial charge in [0.1, 0.15) is 12.4 Å². The molecule has 11 heteroatoms. The Labute approximate surface area is 251 Å². The number of ether oxygens (including phenoxy) is 3. The molecule has 3 heterocycles. The summed E-state index contributed by atoms with van der Waals surface area (Å²) in [5.74, 6) is 0.498. The highest BCUT2D eigenvalue weighted by Gasteiger charge is 2.32. The summed E-state index contributed by atoms with van der Waals surface area (Å²) in [5, 5.41) is 0. The van der Waals surface area contributed by atoms with Crippen LogP contribution in [0.25, 0.3) is 6.08 Å². The van der Waals surface area contributed by atoms with Crippen LogP contribution in [0.1, 0.15) is 43.2 Å². The Kier molecular flexibility index (Phi) is 11.0. The molecule has 2 aromatic carbocycles. The Morgan fingerprint density at radius 2 is 1.71 bits per heavy atom. The van der Waals surface area contributed by atoms with Gasteiger partial charge in [-0.05, 0) is 82.1 Å². The number of likely N-dealkylation sites (tertiary alicyclic amines) is 2. The average Bonchev–Trinajstić information content (AvgIpc) is 3.39. The summed E-state index contributed by atoms with van der Waals surface area (Å²) < 4.78 is 54.1. The molecule has 2 aromatic rings. The number of para-hydroxylation sites is 1. The Bertz CT molecular complexity index is 1230. The molecule has 1 amide bonds. The summed E-state index contributed by atoms with van der Waals surface area (Å²) >= 11 is 0. The Morgan fingerprint density at radius 1 is 0.976 bits per heavy atom. The van der Waals surface area contributed by atoms with Crippen molar-refractivity contribution in [3.05, 3.63) is 53.6 Å². The van der Waals surface area contributed by atoms with Crippen molar-refractivity contribution in [2.45, 2.75) is 50.9 Å². The zero-order chi connectivity index (χ0) is 28.8. The maximum atomic E-state index is 13.1. The number of rotatable bonds is 9. The molecule has 0 spiro atoms. The van der Waals surface area contributed by atoms with Gasteiger partial charge in [-0.1, -0.05) is 24.6 Å². The number of fused-ring (bicyclic) bond motifs is 1. The van der Waals surface area contributed by atoms with Crippen molar-refractivity contribution >= 4 is 30.1 Å². The number of methoxy groups -OCH3 is 1. The summed E-state index contributed by atoms with van der Waals surface area (Å²) in [6.45, 7) is 6.39. The Hall–Kier alpha value is -2.95. The predicted octanol–water partition coefficient (Wildman–Crippen LogP) is 5.95. The second-order valence-corrected chi connectivity index (χ2v) is 10.8. The number of hydrogen-bond donors (Lipinski definition) is 0. The normalized spacial score (nSPS) is 18.5. The lowest BCUT2D eigenvalue weighted by atomic mass is 10.00. The number of hydrogen-bond acceptors (Lipinski definition) is 6. The van der Waals surface area contributed by atoms with E-state index in [0.29, 0.717) is 37.1 Å².